The van der Waals surface area contributed by atoms with Crippen LogP contribution in [0.1, 0.15) is 32.2 Å². The Balaban J connectivity index is 1.32. The van der Waals surface area contributed by atoms with Crippen molar-refractivity contribution < 1.29 is 23.8 Å². The molecular weight excluding hydrogens is 466 g/mol. The van der Waals surface area contributed by atoms with Crippen molar-refractivity contribution in [3.05, 3.63) is 17.6 Å². The number of hydrogen-bond acceptors (Lipinski definition) is 8. The van der Waals surface area contributed by atoms with E-state index in [2.05, 4.69) is 29.5 Å². The highest BCUT2D eigenvalue weighted by Crippen LogP contribution is 2.32. The second-order valence-corrected chi connectivity index (χ2v) is 17.6. The van der Waals surface area contributed by atoms with E-state index in [0.717, 1.165) is 29.8 Å². The molecule has 0 bridgehead atoms. The first-order chi connectivity index (χ1) is 16.3. The third-order valence-corrected chi connectivity index (χ3v) is 8.10. The Hall–Kier alpha value is -2.40. The molecule has 1 aromatic heterocycles. The molecule has 0 atom stereocenters. The normalized spacial score (nSPS) is 19.8. The highest BCUT2D eigenvalue weighted by Gasteiger charge is 2.50. The summed E-state index contributed by atoms with van der Waals surface area (Å²) < 4.78 is 17.0. The van der Waals surface area contributed by atoms with Crippen molar-refractivity contribution in [1.82, 2.24) is 19.8 Å². The molecular formula is C24H39N5O5Si. The predicted molar refractivity (Wildman–Crippen MR) is 134 cm³/mol. The van der Waals surface area contributed by atoms with Crippen molar-refractivity contribution in [3.63, 3.8) is 0 Å². The molecule has 35 heavy (non-hydrogen) atoms. The summed E-state index contributed by atoms with van der Waals surface area (Å²) in [7, 11) is -1.24. The number of aromatic nitrogens is 2. The molecule has 10 nitrogen and oxygen atoms in total. The summed E-state index contributed by atoms with van der Waals surface area (Å²) in [4.78, 5) is 39.9. The fourth-order valence-electron chi connectivity index (χ4n) is 4.46. The Morgan fingerprint density at radius 3 is 2.51 bits per heavy atom. The lowest BCUT2D eigenvalue weighted by molar-refractivity contribution is -0.144. The van der Waals surface area contributed by atoms with E-state index in [1.807, 2.05) is 20.8 Å². The highest BCUT2D eigenvalue weighted by molar-refractivity contribution is 6.76. The number of hydrogen-bond donors (Lipinski definition) is 0. The molecule has 1 aromatic rings. The number of carbonyl (C=O) groups excluding carboxylic acids is 2. The van der Waals surface area contributed by atoms with Crippen LogP contribution in [-0.2, 0) is 27.2 Å². The molecule has 0 aliphatic carbocycles. The zero-order valence-corrected chi connectivity index (χ0v) is 22.9. The van der Waals surface area contributed by atoms with Gasteiger partial charge >= 0.3 is 12.2 Å². The summed E-state index contributed by atoms with van der Waals surface area (Å²) >= 11 is 0. The Morgan fingerprint density at radius 1 is 1.09 bits per heavy atom. The number of carbonyl (C=O) groups is 2. The van der Waals surface area contributed by atoms with Crippen LogP contribution in [-0.4, -0.2) is 97.2 Å². The molecule has 0 radical (unpaired) electrons. The molecule has 3 aliphatic heterocycles. The van der Waals surface area contributed by atoms with Crippen molar-refractivity contribution in [2.45, 2.75) is 70.6 Å². The minimum atomic E-state index is -1.24. The average molecular weight is 506 g/mol. The van der Waals surface area contributed by atoms with Crippen molar-refractivity contribution in [1.29, 1.82) is 0 Å². The smallest absolute Gasteiger partial charge is 0.410 e. The van der Waals surface area contributed by atoms with E-state index >= 15 is 0 Å². The van der Waals surface area contributed by atoms with Crippen LogP contribution in [0.5, 0.6) is 0 Å². The molecule has 1 spiro atoms. The van der Waals surface area contributed by atoms with Crippen LogP contribution in [0.4, 0.5) is 15.4 Å². The van der Waals surface area contributed by atoms with E-state index < -0.39 is 19.3 Å². The Kier molecular flexibility index (Phi) is 7.02. The van der Waals surface area contributed by atoms with Gasteiger partial charge in [-0.3, -0.25) is 4.98 Å². The predicted octanol–water partition coefficient (Wildman–Crippen LogP) is 3.14. The van der Waals surface area contributed by atoms with Gasteiger partial charge in [0, 0.05) is 27.6 Å². The third-order valence-electron chi connectivity index (χ3n) is 6.40. The quantitative estimate of drug-likeness (QED) is 0.576. The zero-order chi connectivity index (χ0) is 25.4. The molecule has 2 fully saturated rings. The molecule has 0 saturated carbocycles. The van der Waals surface area contributed by atoms with Crippen molar-refractivity contribution in [2.75, 3.05) is 50.8 Å². The van der Waals surface area contributed by atoms with E-state index in [1.165, 1.54) is 0 Å². The number of anilines is 1. The zero-order valence-electron chi connectivity index (χ0n) is 21.9. The van der Waals surface area contributed by atoms with Crippen LogP contribution >= 0.6 is 0 Å². The van der Waals surface area contributed by atoms with E-state index in [0.29, 0.717) is 52.4 Å². The largest absolute Gasteiger partial charge is 0.450 e. The number of likely N-dealkylation sites (tertiary alicyclic amines) is 1. The van der Waals surface area contributed by atoms with Crippen molar-refractivity contribution >= 4 is 26.1 Å². The summed E-state index contributed by atoms with van der Waals surface area (Å²) in [5.41, 5.74) is 0.838. The maximum Gasteiger partial charge on any atom is 0.410 e. The number of nitrogens with zero attached hydrogens (tertiary/aromatic N) is 5. The summed E-state index contributed by atoms with van der Waals surface area (Å²) in [6.45, 7) is 16.8. The van der Waals surface area contributed by atoms with Crippen LogP contribution in [0.25, 0.3) is 0 Å². The summed E-state index contributed by atoms with van der Waals surface area (Å²) in [6, 6.07) is 0.961. The second kappa shape index (κ2) is 9.57. The van der Waals surface area contributed by atoms with Gasteiger partial charge in [0.25, 0.3) is 0 Å². The first-order valence-corrected chi connectivity index (χ1v) is 16.2. The Labute approximate surface area is 208 Å². The van der Waals surface area contributed by atoms with Gasteiger partial charge in [0.15, 0.2) is 0 Å². The standard InChI is InChI=1S/C24H39N5O5Si/c1-23(2,3)34-22(31)29-16-24(17-29)15-28(9-10-33-24)20-13-25-19-14-27(8-7-18(19)26-20)21(30)32-11-12-35(4,5)6/h13H,7-12,14-17H2,1-6H3. The molecule has 2 amide bonds. The van der Waals surface area contributed by atoms with Crippen LogP contribution in [0.2, 0.25) is 25.7 Å². The van der Waals surface area contributed by atoms with Gasteiger partial charge in [-0.15, -0.1) is 0 Å². The summed E-state index contributed by atoms with van der Waals surface area (Å²) in [5.74, 6) is 0.813. The Bertz CT molecular complexity index is 955. The third kappa shape index (κ3) is 6.43. The van der Waals surface area contributed by atoms with Gasteiger partial charge in [-0.1, -0.05) is 19.6 Å². The lowest BCUT2D eigenvalue weighted by Crippen LogP contribution is -2.71. The molecule has 4 heterocycles. The number of rotatable bonds is 4. The van der Waals surface area contributed by atoms with E-state index in [9.17, 15) is 9.59 Å². The monoisotopic (exact) mass is 505 g/mol. The number of morpholine rings is 1. The lowest BCUT2D eigenvalue weighted by atomic mass is 9.92. The fraction of sp³-hybridized carbons (Fsp3) is 0.750. The van der Waals surface area contributed by atoms with Gasteiger partial charge in [-0.25, -0.2) is 14.6 Å². The first-order valence-electron chi connectivity index (χ1n) is 12.5. The van der Waals surface area contributed by atoms with E-state index in [4.69, 9.17) is 19.2 Å². The number of ether oxygens (including phenoxy) is 3. The maximum absolute atomic E-state index is 12.5. The molecule has 11 heteroatoms. The van der Waals surface area contributed by atoms with Crippen LogP contribution in [0, 0.1) is 0 Å². The fourth-order valence-corrected chi connectivity index (χ4v) is 5.17. The number of amides is 2. The molecule has 0 unspecified atom stereocenters. The Morgan fingerprint density at radius 2 is 1.83 bits per heavy atom. The molecule has 2 saturated heterocycles. The van der Waals surface area contributed by atoms with E-state index in [-0.39, 0.29) is 12.2 Å². The molecule has 194 valence electrons. The molecule has 0 N–H and O–H groups in total. The molecule has 0 aromatic carbocycles. The van der Waals surface area contributed by atoms with Gasteiger partial charge < -0.3 is 28.9 Å². The topological polar surface area (TPSA) is 97.3 Å². The minimum Gasteiger partial charge on any atom is -0.450 e. The summed E-state index contributed by atoms with van der Waals surface area (Å²) in [5, 5.41) is 0. The SMILES string of the molecule is CC(C)(C)OC(=O)N1CC2(C1)CN(c1cnc3c(n1)CCN(C(=O)OCC[Si](C)(C)C)C3)CCO2. The van der Waals surface area contributed by atoms with Crippen LogP contribution in [0.15, 0.2) is 6.20 Å². The first kappa shape index (κ1) is 25.7. The van der Waals surface area contributed by atoms with Crippen molar-refractivity contribution in [3.8, 4) is 0 Å². The van der Waals surface area contributed by atoms with Gasteiger partial charge in [-0.2, -0.15) is 0 Å². The minimum absolute atomic E-state index is 0.269. The number of fused-ring (bicyclic) bond motifs is 1. The highest BCUT2D eigenvalue weighted by atomic mass is 28.3. The lowest BCUT2D eigenvalue weighted by Gasteiger charge is -2.53. The van der Waals surface area contributed by atoms with Crippen LogP contribution in [0.3, 0.4) is 0 Å². The van der Waals surface area contributed by atoms with Gasteiger partial charge in [0.05, 0.1) is 57.0 Å². The van der Waals surface area contributed by atoms with Crippen LogP contribution < -0.4 is 4.90 Å². The average Bonchev–Trinajstić information content (AvgIpc) is 2.74. The van der Waals surface area contributed by atoms with Gasteiger partial charge in [0.2, 0.25) is 0 Å². The molecule has 3 aliphatic rings. The summed E-state index contributed by atoms with van der Waals surface area (Å²) in [6.07, 6.45) is 1.86. The van der Waals surface area contributed by atoms with Crippen molar-refractivity contribution in [2.24, 2.45) is 0 Å². The van der Waals surface area contributed by atoms with Gasteiger partial charge in [0.1, 0.15) is 17.0 Å². The van der Waals surface area contributed by atoms with E-state index in [1.54, 1.807) is 16.0 Å². The maximum atomic E-state index is 12.5. The second-order valence-electron chi connectivity index (χ2n) is 12.0. The molecule has 4 rings (SSSR count). The van der Waals surface area contributed by atoms with Gasteiger partial charge in [-0.05, 0) is 26.8 Å².